The molecule has 1 aromatic rings. The van der Waals surface area contributed by atoms with Gasteiger partial charge in [-0.15, -0.1) is 12.4 Å². The molecular weight excluding hydrogens is 326 g/mol. The van der Waals surface area contributed by atoms with Crippen LogP contribution in [0.25, 0.3) is 0 Å². The van der Waals surface area contributed by atoms with Gasteiger partial charge in [0, 0.05) is 20.6 Å². The van der Waals surface area contributed by atoms with Crippen LogP contribution in [0, 0.1) is 0 Å². The first-order valence-corrected chi connectivity index (χ1v) is 8.38. The van der Waals surface area contributed by atoms with E-state index < -0.39 is 10.0 Å². The van der Waals surface area contributed by atoms with Crippen molar-refractivity contribution in [1.82, 2.24) is 14.9 Å². The molecule has 0 saturated carbocycles. The lowest BCUT2D eigenvalue weighted by Crippen LogP contribution is -2.39. The molecule has 1 aromatic carbocycles. The standard InChI is InChI=1S/C14H21N3O3S.ClH/c1-17(2)21(19,20)12-7-5-11(6-8-12)10-16-14(18)13-4-3-9-15-13;/h5-8,13,15H,3-4,9-10H2,1-2H3,(H,16,18);1H. The molecule has 1 fully saturated rings. The van der Waals surface area contributed by atoms with Gasteiger partial charge in [-0.25, -0.2) is 12.7 Å². The molecule has 1 aliphatic rings. The summed E-state index contributed by atoms with van der Waals surface area (Å²) in [5.41, 5.74) is 0.874. The summed E-state index contributed by atoms with van der Waals surface area (Å²) in [6.07, 6.45) is 1.89. The fraction of sp³-hybridized carbons (Fsp3) is 0.500. The second kappa shape index (κ2) is 7.92. The van der Waals surface area contributed by atoms with Crippen molar-refractivity contribution in [3.05, 3.63) is 29.8 Å². The lowest BCUT2D eigenvalue weighted by atomic mass is 10.2. The Bertz CT molecular complexity index is 596. The minimum Gasteiger partial charge on any atom is -0.351 e. The fourth-order valence-corrected chi connectivity index (χ4v) is 3.11. The molecule has 0 bridgehead atoms. The Kier molecular flexibility index (Phi) is 6.80. The van der Waals surface area contributed by atoms with Crippen LogP contribution in [0.5, 0.6) is 0 Å². The van der Waals surface area contributed by atoms with Gasteiger partial charge in [-0.05, 0) is 37.1 Å². The zero-order valence-electron chi connectivity index (χ0n) is 12.7. The van der Waals surface area contributed by atoms with E-state index in [9.17, 15) is 13.2 Å². The summed E-state index contributed by atoms with van der Waals surface area (Å²) in [6, 6.07) is 6.46. The maximum absolute atomic E-state index is 11.9. The molecule has 2 rings (SSSR count). The van der Waals surface area contributed by atoms with Crippen LogP contribution in [0.1, 0.15) is 18.4 Å². The summed E-state index contributed by atoms with van der Waals surface area (Å²) in [7, 11) is -0.406. The first-order chi connectivity index (χ1) is 9.91. The van der Waals surface area contributed by atoms with Gasteiger partial charge in [0.05, 0.1) is 10.9 Å². The van der Waals surface area contributed by atoms with E-state index in [1.807, 2.05) is 0 Å². The van der Waals surface area contributed by atoms with E-state index in [0.29, 0.717) is 6.54 Å². The van der Waals surface area contributed by atoms with Crippen LogP contribution in [0.15, 0.2) is 29.2 Å². The Hall–Kier alpha value is -1.15. The highest BCUT2D eigenvalue weighted by molar-refractivity contribution is 7.89. The SMILES string of the molecule is CN(C)S(=O)(=O)c1ccc(CNC(=O)C2CCCN2)cc1.Cl. The Balaban J connectivity index is 0.00000242. The lowest BCUT2D eigenvalue weighted by molar-refractivity contribution is -0.122. The first-order valence-electron chi connectivity index (χ1n) is 6.94. The molecule has 8 heteroatoms. The van der Waals surface area contributed by atoms with E-state index in [2.05, 4.69) is 10.6 Å². The Morgan fingerprint density at radius 3 is 2.45 bits per heavy atom. The van der Waals surface area contributed by atoms with Crippen molar-refractivity contribution in [3.8, 4) is 0 Å². The molecule has 1 saturated heterocycles. The van der Waals surface area contributed by atoms with Crippen LogP contribution in [-0.2, 0) is 21.4 Å². The number of carbonyl (C=O) groups excluding carboxylic acids is 1. The predicted molar refractivity (Wildman–Crippen MR) is 87.4 cm³/mol. The van der Waals surface area contributed by atoms with E-state index in [-0.39, 0.29) is 29.3 Å². The minimum atomic E-state index is -3.40. The highest BCUT2D eigenvalue weighted by Crippen LogP contribution is 2.14. The second-order valence-electron chi connectivity index (χ2n) is 5.30. The number of rotatable bonds is 5. The molecule has 0 spiro atoms. The fourth-order valence-electron chi connectivity index (χ4n) is 2.21. The number of halogens is 1. The Morgan fingerprint density at radius 1 is 1.32 bits per heavy atom. The third-order valence-electron chi connectivity index (χ3n) is 3.55. The van der Waals surface area contributed by atoms with Gasteiger partial charge >= 0.3 is 0 Å². The van der Waals surface area contributed by atoms with Crippen molar-refractivity contribution in [2.24, 2.45) is 0 Å². The number of nitrogens with one attached hydrogen (secondary N) is 2. The maximum atomic E-state index is 11.9. The highest BCUT2D eigenvalue weighted by Gasteiger charge is 2.21. The third-order valence-corrected chi connectivity index (χ3v) is 5.37. The van der Waals surface area contributed by atoms with E-state index in [1.54, 1.807) is 24.3 Å². The van der Waals surface area contributed by atoms with Gasteiger partial charge in [-0.2, -0.15) is 0 Å². The van der Waals surface area contributed by atoms with Crippen LogP contribution in [0.4, 0.5) is 0 Å². The van der Waals surface area contributed by atoms with Gasteiger partial charge in [0.25, 0.3) is 0 Å². The molecule has 1 heterocycles. The van der Waals surface area contributed by atoms with Gasteiger partial charge < -0.3 is 10.6 Å². The van der Waals surface area contributed by atoms with Crippen LogP contribution >= 0.6 is 12.4 Å². The maximum Gasteiger partial charge on any atom is 0.242 e. The summed E-state index contributed by atoms with van der Waals surface area (Å²) in [6.45, 7) is 1.29. The number of carbonyl (C=O) groups is 1. The molecule has 1 atom stereocenters. The van der Waals surface area contributed by atoms with E-state index in [1.165, 1.54) is 18.4 Å². The molecule has 6 nitrogen and oxygen atoms in total. The monoisotopic (exact) mass is 347 g/mol. The lowest BCUT2D eigenvalue weighted by Gasteiger charge is -2.13. The minimum absolute atomic E-state index is 0. The Labute approximate surface area is 137 Å². The molecule has 1 amide bonds. The average molecular weight is 348 g/mol. The number of hydrogen-bond donors (Lipinski definition) is 2. The van der Waals surface area contributed by atoms with Crippen LogP contribution in [-0.4, -0.2) is 45.3 Å². The number of hydrogen-bond acceptors (Lipinski definition) is 4. The van der Waals surface area contributed by atoms with Gasteiger partial charge in [-0.3, -0.25) is 4.79 Å². The Morgan fingerprint density at radius 2 is 1.95 bits per heavy atom. The molecule has 2 N–H and O–H groups in total. The molecule has 22 heavy (non-hydrogen) atoms. The van der Waals surface area contributed by atoms with Crippen molar-refractivity contribution >= 4 is 28.3 Å². The molecule has 1 unspecified atom stereocenters. The van der Waals surface area contributed by atoms with Crippen molar-refractivity contribution in [1.29, 1.82) is 0 Å². The summed E-state index contributed by atoms with van der Waals surface area (Å²) < 4.78 is 25.0. The van der Waals surface area contributed by atoms with Crippen molar-refractivity contribution in [2.75, 3.05) is 20.6 Å². The molecule has 1 aliphatic heterocycles. The average Bonchev–Trinajstić information content (AvgIpc) is 2.99. The quantitative estimate of drug-likeness (QED) is 0.823. The molecule has 0 radical (unpaired) electrons. The third kappa shape index (κ3) is 4.42. The van der Waals surface area contributed by atoms with Gasteiger partial charge in [0.15, 0.2) is 0 Å². The van der Waals surface area contributed by atoms with Crippen LogP contribution < -0.4 is 10.6 Å². The molecular formula is C14H22ClN3O3S. The second-order valence-corrected chi connectivity index (χ2v) is 7.45. The van der Waals surface area contributed by atoms with Crippen molar-refractivity contribution in [3.63, 3.8) is 0 Å². The number of benzene rings is 1. The molecule has 0 aliphatic carbocycles. The van der Waals surface area contributed by atoms with E-state index in [0.717, 1.165) is 24.9 Å². The van der Waals surface area contributed by atoms with Crippen molar-refractivity contribution in [2.45, 2.75) is 30.3 Å². The van der Waals surface area contributed by atoms with Crippen LogP contribution in [0.2, 0.25) is 0 Å². The smallest absolute Gasteiger partial charge is 0.242 e. The number of amides is 1. The zero-order valence-corrected chi connectivity index (χ0v) is 14.3. The van der Waals surface area contributed by atoms with Crippen LogP contribution in [0.3, 0.4) is 0 Å². The first kappa shape index (κ1) is 18.9. The summed E-state index contributed by atoms with van der Waals surface area (Å²) >= 11 is 0. The summed E-state index contributed by atoms with van der Waals surface area (Å²) in [5.74, 6) is -0.00232. The number of nitrogens with zero attached hydrogens (tertiary/aromatic N) is 1. The number of sulfonamides is 1. The molecule has 0 aromatic heterocycles. The highest BCUT2D eigenvalue weighted by atomic mass is 35.5. The van der Waals surface area contributed by atoms with Gasteiger partial charge in [-0.1, -0.05) is 12.1 Å². The van der Waals surface area contributed by atoms with Crippen molar-refractivity contribution < 1.29 is 13.2 Å². The zero-order chi connectivity index (χ0) is 15.5. The van der Waals surface area contributed by atoms with E-state index >= 15 is 0 Å². The summed E-state index contributed by atoms with van der Waals surface area (Å²) in [4.78, 5) is 12.1. The van der Waals surface area contributed by atoms with Gasteiger partial charge in [0.1, 0.15) is 0 Å². The normalized spacial score (nSPS) is 18.0. The largest absolute Gasteiger partial charge is 0.351 e. The van der Waals surface area contributed by atoms with Gasteiger partial charge in [0.2, 0.25) is 15.9 Å². The predicted octanol–water partition coefficient (Wildman–Crippen LogP) is 0.727. The molecule has 124 valence electrons. The topological polar surface area (TPSA) is 78.5 Å². The van der Waals surface area contributed by atoms with E-state index in [4.69, 9.17) is 0 Å². The summed E-state index contributed by atoms with van der Waals surface area (Å²) in [5, 5.41) is 6.00.